The molecule has 0 unspecified atom stereocenters. The highest BCUT2D eigenvalue weighted by Crippen LogP contribution is 2.19. The van der Waals surface area contributed by atoms with Crippen molar-refractivity contribution >= 4 is 18.9 Å². The first-order valence-corrected chi connectivity index (χ1v) is 2.75. The highest BCUT2D eigenvalue weighted by Gasteiger charge is 2.45. The fourth-order valence-corrected chi connectivity index (χ4v) is 0.278. The van der Waals surface area contributed by atoms with Crippen LogP contribution in [0.15, 0.2) is 0 Å². The van der Waals surface area contributed by atoms with Crippen molar-refractivity contribution in [3.05, 3.63) is 0 Å². The molecular formula is C4H4BF3O4. The van der Waals surface area contributed by atoms with Crippen LogP contribution in [0.4, 0.5) is 13.2 Å². The number of carbonyl (C=O) groups is 2. The summed E-state index contributed by atoms with van der Waals surface area (Å²) in [5, 5.41) is 7.85. The van der Waals surface area contributed by atoms with E-state index in [9.17, 15) is 22.8 Å². The molecule has 0 rings (SSSR count). The number of carbonyl (C=O) groups excluding carboxylic acids is 1. The standard InChI is InChI=1S/C4H4BF3O4/c1-5(4(6,7)8)12-3(11)2(9)10/h1H3,(H,9,10). The number of halogens is 3. The first kappa shape index (κ1) is 10.8. The van der Waals surface area contributed by atoms with E-state index in [0.29, 0.717) is 6.82 Å². The SMILES string of the molecule is CB(OC(=O)C(=O)O)C(F)(F)F. The van der Waals surface area contributed by atoms with Gasteiger partial charge in [0, 0.05) is 0 Å². The molecule has 1 N–H and O–H groups in total. The zero-order chi connectivity index (χ0) is 9.94. The summed E-state index contributed by atoms with van der Waals surface area (Å²) >= 11 is 0. The average Bonchev–Trinajstić information content (AvgIpc) is 1.85. The molecule has 0 aliphatic rings. The van der Waals surface area contributed by atoms with Crippen LogP contribution in [0.3, 0.4) is 0 Å². The number of carboxylic acid groups (broad SMARTS) is 1. The second kappa shape index (κ2) is 3.46. The monoisotopic (exact) mass is 184 g/mol. The molecule has 0 radical (unpaired) electrons. The molecule has 0 heterocycles. The summed E-state index contributed by atoms with van der Waals surface area (Å²) in [6.45, 7) is -1.86. The Kier molecular flexibility index (Phi) is 3.11. The van der Waals surface area contributed by atoms with Crippen LogP contribution >= 0.6 is 0 Å². The van der Waals surface area contributed by atoms with Crippen molar-refractivity contribution in [1.29, 1.82) is 0 Å². The second-order valence-electron chi connectivity index (χ2n) is 1.89. The van der Waals surface area contributed by atoms with Crippen molar-refractivity contribution in [2.75, 3.05) is 0 Å². The smallest absolute Gasteiger partial charge is 0.479 e. The van der Waals surface area contributed by atoms with Crippen molar-refractivity contribution in [3.8, 4) is 0 Å². The summed E-state index contributed by atoms with van der Waals surface area (Å²) in [5.41, 5.74) is 0. The van der Waals surface area contributed by atoms with Gasteiger partial charge in [-0.3, -0.25) is 0 Å². The van der Waals surface area contributed by atoms with E-state index in [1.165, 1.54) is 0 Å². The molecule has 0 aromatic heterocycles. The van der Waals surface area contributed by atoms with E-state index < -0.39 is 24.9 Å². The first-order chi connectivity index (χ1) is 5.25. The Balaban J connectivity index is 4.11. The fourth-order valence-electron chi connectivity index (χ4n) is 0.278. The van der Waals surface area contributed by atoms with E-state index in [1.807, 2.05) is 0 Å². The van der Waals surface area contributed by atoms with Gasteiger partial charge < -0.3 is 9.76 Å². The summed E-state index contributed by atoms with van der Waals surface area (Å²) in [7, 11) is 0. The van der Waals surface area contributed by atoms with Crippen molar-refractivity contribution in [3.63, 3.8) is 0 Å². The summed E-state index contributed by atoms with van der Waals surface area (Å²) in [4.78, 5) is 19.8. The highest BCUT2D eigenvalue weighted by atomic mass is 19.4. The van der Waals surface area contributed by atoms with Gasteiger partial charge in [-0.05, 0) is 6.82 Å². The molecule has 0 aromatic carbocycles. The van der Waals surface area contributed by atoms with Crippen LogP contribution in [0.25, 0.3) is 0 Å². The van der Waals surface area contributed by atoms with E-state index >= 15 is 0 Å². The largest absolute Gasteiger partial charge is 0.517 e. The molecule has 0 aliphatic heterocycles. The van der Waals surface area contributed by atoms with Crippen LogP contribution in [0.1, 0.15) is 0 Å². The van der Waals surface area contributed by atoms with Crippen LogP contribution in [-0.2, 0) is 14.2 Å². The number of carboxylic acids is 1. The third-order valence-electron chi connectivity index (χ3n) is 0.919. The molecule has 0 amide bonds. The molecule has 0 aliphatic carbocycles. The molecule has 8 heteroatoms. The van der Waals surface area contributed by atoms with Gasteiger partial charge in [-0.25, -0.2) is 9.59 Å². The third kappa shape index (κ3) is 3.26. The molecule has 0 spiro atoms. The lowest BCUT2D eigenvalue weighted by Gasteiger charge is -2.10. The summed E-state index contributed by atoms with van der Waals surface area (Å²) in [6, 6.07) is 0. The van der Waals surface area contributed by atoms with E-state index in [4.69, 9.17) is 5.11 Å². The van der Waals surface area contributed by atoms with Crippen LogP contribution in [0.2, 0.25) is 6.82 Å². The van der Waals surface area contributed by atoms with Gasteiger partial charge in [0.1, 0.15) is 0 Å². The van der Waals surface area contributed by atoms with E-state index in [0.717, 1.165) is 0 Å². The Morgan fingerprint density at radius 2 is 1.83 bits per heavy atom. The second-order valence-corrected chi connectivity index (χ2v) is 1.89. The fraction of sp³-hybridized carbons (Fsp3) is 0.500. The minimum Gasteiger partial charge on any atom is -0.517 e. The molecule has 68 valence electrons. The number of aliphatic carboxylic acids is 1. The maximum absolute atomic E-state index is 11.6. The molecule has 12 heavy (non-hydrogen) atoms. The Morgan fingerprint density at radius 1 is 1.42 bits per heavy atom. The zero-order valence-corrected chi connectivity index (χ0v) is 5.88. The minimum atomic E-state index is -4.73. The van der Waals surface area contributed by atoms with Crippen LogP contribution < -0.4 is 0 Å². The van der Waals surface area contributed by atoms with Gasteiger partial charge >= 0.3 is 24.9 Å². The maximum Gasteiger partial charge on any atom is 0.479 e. The molecule has 0 saturated heterocycles. The molecule has 0 saturated carbocycles. The highest BCUT2D eigenvalue weighted by molar-refractivity contribution is 6.57. The molecule has 0 fully saturated rings. The Hall–Kier alpha value is -1.21. The van der Waals surface area contributed by atoms with E-state index in [-0.39, 0.29) is 0 Å². The van der Waals surface area contributed by atoms with Gasteiger partial charge in [0.15, 0.2) is 0 Å². The lowest BCUT2D eigenvalue weighted by molar-refractivity contribution is -0.160. The normalized spacial score (nSPS) is 10.7. The molecule has 0 atom stereocenters. The van der Waals surface area contributed by atoms with Crippen LogP contribution in [-0.4, -0.2) is 30.0 Å². The van der Waals surface area contributed by atoms with Gasteiger partial charge in [-0.1, -0.05) is 0 Å². The lowest BCUT2D eigenvalue weighted by Crippen LogP contribution is -2.37. The van der Waals surface area contributed by atoms with E-state index in [2.05, 4.69) is 4.65 Å². The first-order valence-electron chi connectivity index (χ1n) is 2.75. The van der Waals surface area contributed by atoms with Crippen molar-refractivity contribution in [1.82, 2.24) is 0 Å². The Morgan fingerprint density at radius 3 is 2.08 bits per heavy atom. The van der Waals surface area contributed by atoms with Gasteiger partial charge in [0.25, 0.3) is 0 Å². The van der Waals surface area contributed by atoms with Crippen molar-refractivity contribution < 1.29 is 32.5 Å². The zero-order valence-electron chi connectivity index (χ0n) is 5.88. The topological polar surface area (TPSA) is 63.6 Å². The van der Waals surface area contributed by atoms with Crippen LogP contribution in [0, 0.1) is 0 Å². The predicted molar refractivity (Wildman–Crippen MR) is 31.4 cm³/mol. The van der Waals surface area contributed by atoms with Gasteiger partial charge in [0.05, 0.1) is 0 Å². The third-order valence-corrected chi connectivity index (χ3v) is 0.919. The molecule has 0 bridgehead atoms. The number of alkyl halides is 3. The molecular weight excluding hydrogens is 180 g/mol. The summed E-state index contributed by atoms with van der Waals surface area (Å²) < 4.78 is 38.3. The van der Waals surface area contributed by atoms with Gasteiger partial charge in [0.2, 0.25) is 0 Å². The minimum absolute atomic E-state index is 0.542. The van der Waals surface area contributed by atoms with Crippen molar-refractivity contribution in [2.24, 2.45) is 0 Å². The number of hydrogen-bond acceptors (Lipinski definition) is 3. The number of hydrogen-bond donors (Lipinski definition) is 1. The maximum atomic E-state index is 11.6. The molecule has 0 aromatic rings. The van der Waals surface area contributed by atoms with Crippen LogP contribution in [0.5, 0.6) is 0 Å². The lowest BCUT2D eigenvalue weighted by atomic mass is 9.70. The summed E-state index contributed by atoms with van der Waals surface area (Å²) in [6.07, 6.45) is -4.73. The predicted octanol–water partition coefficient (Wildman–Crippen LogP) is 0.337. The Labute approximate surface area is 65.4 Å². The van der Waals surface area contributed by atoms with Crippen molar-refractivity contribution in [2.45, 2.75) is 12.9 Å². The molecule has 4 nitrogen and oxygen atoms in total. The summed E-state index contributed by atoms with van der Waals surface area (Å²) in [5.74, 6) is -3.97. The van der Waals surface area contributed by atoms with E-state index in [1.54, 1.807) is 0 Å². The van der Waals surface area contributed by atoms with Gasteiger partial charge in [-0.15, -0.1) is 0 Å². The number of rotatable bonds is 1. The quantitative estimate of drug-likeness (QED) is 0.471. The van der Waals surface area contributed by atoms with Gasteiger partial charge in [-0.2, -0.15) is 13.2 Å². The Bertz CT molecular complexity index is 201. The average molecular weight is 184 g/mol.